The molecule has 0 heterocycles. The topological polar surface area (TPSA) is 9.23 Å². The molecule has 3 heteroatoms. The molecule has 0 fully saturated rings. The molecule has 72 valence electrons. The molecule has 1 aromatic rings. The molecule has 0 unspecified atom stereocenters. The molecule has 0 aromatic heterocycles. The van der Waals surface area contributed by atoms with Crippen molar-refractivity contribution >= 4 is 27.5 Å². The monoisotopic (exact) mass is 262 g/mol. The van der Waals surface area contributed by atoms with E-state index in [9.17, 15) is 0 Å². The Morgan fingerprint density at radius 1 is 1.31 bits per heavy atom. The first-order valence-corrected chi connectivity index (χ1v) is 5.20. The van der Waals surface area contributed by atoms with Crippen LogP contribution >= 0.6 is 27.5 Å². The zero-order valence-electron chi connectivity index (χ0n) is 7.90. The van der Waals surface area contributed by atoms with Gasteiger partial charge >= 0.3 is 0 Å². The van der Waals surface area contributed by atoms with Crippen molar-refractivity contribution in [3.05, 3.63) is 27.7 Å². The molecule has 0 atom stereocenters. The van der Waals surface area contributed by atoms with E-state index in [1.54, 1.807) is 0 Å². The van der Waals surface area contributed by atoms with Crippen LogP contribution in [0.15, 0.2) is 22.7 Å². The van der Waals surface area contributed by atoms with E-state index in [1.165, 1.54) is 0 Å². The summed E-state index contributed by atoms with van der Waals surface area (Å²) in [5.74, 6) is 0.823. The Morgan fingerprint density at radius 2 is 1.92 bits per heavy atom. The minimum Gasteiger partial charge on any atom is -0.488 e. The summed E-state index contributed by atoms with van der Waals surface area (Å²) in [7, 11) is 0. The first-order valence-electron chi connectivity index (χ1n) is 4.02. The lowest BCUT2D eigenvalue weighted by Crippen LogP contribution is -2.22. The van der Waals surface area contributed by atoms with Crippen LogP contribution < -0.4 is 4.74 Å². The van der Waals surface area contributed by atoms with Gasteiger partial charge in [-0.1, -0.05) is 11.6 Å². The fourth-order valence-electron chi connectivity index (χ4n) is 0.894. The van der Waals surface area contributed by atoms with Crippen LogP contribution in [0.25, 0.3) is 0 Å². The van der Waals surface area contributed by atoms with Gasteiger partial charge in [-0.15, -0.1) is 0 Å². The zero-order chi connectivity index (χ0) is 10.1. The summed E-state index contributed by atoms with van der Waals surface area (Å²) in [5, 5.41) is 0.696. The van der Waals surface area contributed by atoms with Crippen LogP contribution in [0.1, 0.15) is 20.8 Å². The SMILES string of the molecule is CC(C)(C)Oc1ccc(Cl)c(Br)c1. The maximum atomic E-state index is 5.85. The van der Waals surface area contributed by atoms with E-state index in [1.807, 2.05) is 39.0 Å². The molecule has 0 aliphatic carbocycles. The lowest BCUT2D eigenvalue weighted by Gasteiger charge is -2.21. The normalized spacial score (nSPS) is 11.5. The Hall–Kier alpha value is -0.210. The minimum absolute atomic E-state index is 0.173. The standard InChI is InChI=1S/C10H12BrClO/c1-10(2,3)13-7-4-5-9(12)8(11)6-7/h4-6H,1-3H3. The highest BCUT2D eigenvalue weighted by Gasteiger charge is 2.12. The lowest BCUT2D eigenvalue weighted by molar-refractivity contribution is 0.131. The van der Waals surface area contributed by atoms with E-state index < -0.39 is 0 Å². The first kappa shape index (κ1) is 10.9. The average Bonchev–Trinajstić information content (AvgIpc) is 1.94. The fraction of sp³-hybridized carbons (Fsp3) is 0.400. The summed E-state index contributed by atoms with van der Waals surface area (Å²) in [5.41, 5.74) is -0.173. The van der Waals surface area contributed by atoms with E-state index in [2.05, 4.69) is 15.9 Å². The second kappa shape index (κ2) is 3.89. The smallest absolute Gasteiger partial charge is 0.121 e. The first-order chi connectivity index (χ1) is 5.88. The minimum atomic E-state index is -0.173. The highest BCUT2D eigenvalue weighted by Crippen LogP contribution is 2.28. The number of hydrogen-bond donors (Lipinski definition) is 0. The van der Waals surface area contributed by atoms with E-state index in [-0.39, 0.29) is 5.60 Å². The molecule has 0 bridgehead atoms. The largest absolute Gasteiger partial charge is 0.488 e. The van der Waals surface area contributed by atoms with Crippen LogP contribution in [0.4, 0.5) is 0 Å². The quantitative estimate of drug-likeness (QED) is 0.735. The number of ether oxygens (including phenoxy) is 1. The summed E-state index contributed by atoms with van der Waals surface area (Å²) in [4.78, 5) is 0. The van der Waals surface area contributed by atoms with Gasteiger partial charge in [-0.2, -0.15) is 0 Å². The second-order valence-corrected chi connectivity index (χ2v) is 5.05. The van der Waals surface area contributed by atoms with Crippen molar-refractivity contribution in [2.45, 2.75) is 26.4 Å². The van der Waals surface area contributed by atoms with Crippen LogP contribution in [0.3, 0.4) is 0 Å². The highest BCUT2D eigenvalue weighted by molar-refractivity contribution is 9.10. The maximum Gasteiger partial charge on any atom is 0.121 e. The molecule has 0 saturated carbocycles. The number of benzene rings is 1. The third-order valence-electron chi connectivity index (χ3n) is 1.32. The average molecular weight is 264 g/mol. The highest BCUT2D eigenvalue weighted by atomic mass is 79.9. The van der Waals surface area contributed by atoms with E-state index in [4.69, 9.17) is 16.3 Å². The van der Waals surface area contributed by atoms with Crippen molar-refractivity contribution in [3.63, 3.8) is 0 Å². The molecular formula is C10H12BrClO. The summed E-state index contributed by atoms with van der Waals surface area (Å²) in [6.07, 6.45) is 0. The number of rotatable bonds is 1. The van der Waals surface area contributed by atoms with Gasteiger partial charge in [0.2, 0.25) is 0 Å². The Bertz CT molecular complexity index is 304. The fourth-order valence-corrected chi connectivity index (χ4v) is 1.37. The van der Waals surface area contributed by atoms with Gasteiger partial charge < -0.3 is 4.74 Å². The molecule has 0 radical (unpaired) electrons. The lowest BCUT2D eigenvalue weighted by atomic mass is 10.2. The molecular weight excluding hydrogens is 251 g/mol. The molecule has 1 aromatic carbocycles. The van der Waals surface area contributed by atoms with Gasteiger partial charge in [0.05, 0.1) is 5.02 Å². The van der Waals surface area contributed by atoms with E-state index >= 15 is 0 Å². The number of halogens is 2. The van der Waals surface area contributed by atoms with Crippen LogP contribution in [-0.2, 0) is 0 Å². The Kier molecular flexibility index (Phi) is 3.25. The van der Waals surface area contributed by atoms with Crippen LogP contribution in [-0.4, -0.2) is 5.60 Å². The third kappa shape index (κ3) is 3.57. The second-order valence-electron chi connectivity index (χ2n) is 3.79. The summed E-state index contributed by atoms with van der Waals surface area (Å²) in [6.45, 7) is 6.03. The number of hydrogen-bond acceptors (Lipinski definition) is 1. The van der Waals surface area contributed by atoms with Gasteiger partial charge in [0.15, 0.2) is 0 Å². The molecule has 0 spiro atoms. The van der Waals surface area contributed by atoms with Crippen LogP contribution in [0.2, 0.25) is 5.02 Å². The van der Waals surface area contributed by atoms with Crippen molar-refractivity contribution in [3.8, 4) is 5.75 Å². The van der Waals surface area contributed by atoms with Crippen molar-refractivity contribution in [1.29, 1.82) is 0 Å². The summed E-state index contributed by atoms with van der Waals surface area (Å²) >= 11 is 9.19. The van der Waals surface area contributed by atoms with Crippen molar-refractivity contribution in [1.82, 2.24) is 0 Å². The predicted molar refractivity (Wildman–Crippen MR) is 59.5 cm³/mol. The molecule has 0 saturated heterocycles. The Balaban J connectivity index is 2.86. The predicted octanol–water partition coefficient (Wildman–Crippen LogP) is 4.28. The van der Waals surface area contributed by atoms with Crippen LogP contribution in [0, 0.1) is 0 Å². The van der Waals surface area contributed by atoms with Gasteiger partial charge in [-0.05, 0) is 54.9 Å². The zero-order valence-corrected chi connectivity index (χ0v) is 10.2. The van der Waals surface area contributed by atoms with E-state index in [0.717, 1.165) is 10.2 Å². The molecule has 0 amide bonds. The van der Waals surface area contributed by atoms with Gasteiger partial charge in [0.25, 0.3) is 0 Å². The molecule has 1 rings (SSSR count). The molecule has 0 N–H and O–H groups in total. The van der Waals surface area contributed by atoms with Gasteiger partial charge in [0, 0.05) is 4.47 Å². The summed E-state index contributed by atoms with van der Waals surface area (Å²) < 4.78 is 6.51. The van der Waals surface area contributed by atoms with Crippen molar-refractivity contribution < 1.29 is 4.74 Å². The maximum absolute atomic E-state index is 5.85. The van der Waals surface area contributed by atoms with E-state index in [0.29, 0.717) is 5.02 Å². The van der Waals surface area contributed by atoms with Crippen molar-refractivity contribution in [2.24, 2.45) is 0 Å². The molecule has 0 aliphatic rings. The molecule has 0 aliphatic heterocycles. The molecule has 1 nitrogen and oxygen atoms in total. The Labute approximate surface area is 92.2 Å². The summed E-state index contributed by atoms with van der Waals surface area (Å²) in [6, 6.07) is 5.54. The van der Waals surface area contributed by atoms with Gasteiger partial charge in [-0.3, -0.25) is 0 Å². The van der Waals surface area contributed by atoms with Crippen LogP contribution in [0.5, 0.6) is 5.75 Å². The van der Waals surface area contributed by atoms with Gasteiger partial charge in [-0.25, -0.2) is 0 Å². The van der Waals surface area contributed by atoms with Gasteiger partial charge in [0.1, 0.15) is 11.4 Å². The van der Waals surface area contributed by atoms with Crippen molar-refractivity contribution in [2.75, 3.05) is 0 Å². The third-order valence-corrected chi connectivity index (χ3v) is 2.53. The Morgan fingerprint density at radius 3 is 2.38 bits per heavy atom. The molecule has 13 heavy (non-hydrogen) atoms.